The Hall–Kier alpha value is -2.24. The Bertz CT molecular complexity index is 770. The van der Waals surface area contributed by atoms with Crippen LogP contribution in [0.5, 0.6) is 11.5 Å². The van der Waals surface area contributed by atoms with Gasteiger partial charge in [0.1, 0.15) is 11.5 Å². The molecule has 1 amide bonds. The van der Waals surface area contributed by atoms with Crippen LogP contribution in [-0.4, -0.2) is 38.9 Å². The van der Waals surface area contributed by atoms with Gasteiger partial charge in [-0.15, -0.1) is 0 Å². The van der Waals surface area contributed by atoms with Gasteiger partial charge in [0.2, 0.25) is 0 Å². The quantitative estimate of drug-likeness (QED) is 0.759. The molecule has 1 atom stereocenters. The first-order chi connectivity index (χ1) is 13.5. The molecule has 1 aliphatic rings. The zero-order chi connectivity index (χ0) is 20.0. The fourth-order valence-electron chi connectivity index (χ4n) is 3.45. The molecule has 1 saturated heterocycles. The van der Waals surface area contributed by atoms with Crippen LogP contribution in [0, 0.1) is 0 Å². The second-order valence-electron chi connectivity index (χ2n) is 7.05. The lowest BCUT2D eigenvalue weighted by molar-refractivity contribution is -0.127. The zero-order valence-corrected chi connectivity index (χ0v) is 17.0. The number of amides is 1. The molecule has 0 bridgehead atoms. The minimum atomic E-state index is -0.601. The Balaban J connectivity index is 1.63. The molecule has 1 aliphatic heterocycles. The first kappa shape index (κ1) is 20.5. The first-order valence-corrected chi connectivity index (χ1v) is 9.82. The van der Waals surface area contributed by atoms with Gasteiger partial charge in [-0.05, 0) is 61.7 Å². The molecule has 1 unspecified atom stereocenters. The van der Waals surface area contributed by atoms with Gasteiger partial charge in [-0.2, -0.15) is 0 Å². The molecule has 150 valence electrons. The minimum absolute atomic E-state index is 0.143. The summed E-state index contributed by atoms with van der Waals surface area (Å²) in [6, 6.07) is 15.0. The van der Waals surface area contributed by atoms with Crippen molar-refractivity contribution in [2.24, 2.45) is 0 Å². The lowest BCUT2D eigenvalue weighted by atomic mass is 9.74. The lowest BCUT2D eigenvalue weighted by Crippen LogP contribution is -2.47. The molecule has 3 rings (SSSR count). The highest BCUT2D eigenvalue weighted by Gasteiger charge is 2.35. The summed E-state index contributed by atoms with van der Waals surface area (Å²) in [5.41, 5.74) is 1.02. The van der Waals surface area contributed by atoms with Gasteiger partial charge >= 0.3 is 0 Å². The highest BCUT2D eigenvalue weighted by Crippen LogP contribution is 2.35. The SMILES string of the molecule is COc1ccc(OC(C)C(=O)NCC2(c3ccc(Cl)cc3)CCOCC2)cc1. The molecule has 1 heterocycles. The van der Waals surface area contributed by atoms with E-state index in [0.717, 1.165) is 18.6 Å². The third-order valence-electron chi connectivity index (χ3n) is 5.25. The molecular weight excluding hydrogens is 378 g/mol. The van der Waals surface area contributed by atoms with Gasteiger partial charge in [-0.25, -0.2) is 0 Å². The third-order valence-corrected chi connectivity index (χ3v) is 5.50. The van der Waals surface area contributed by atoms with E-state index < -0.39 is 6.10 Å². The monoisotopic (exact) mass is 403 g/mol. The Morgan fingerprint density at radius 3 is 2.32 bits per heavy atom. The third kappa shape index (κ3) is 4.97. The second-order valence-corrected chi connectivity index (χ2v) is 7.49. The molecule has 28 heavy (non-hydrogen) atoms. The molecule has 0 aromatic heterocycles. The molecule has 0 aliphatic carbocycles. The highest BCUT2D eigenvalue weighted by molar-refractivity contribution is 6.30. The number of benzene rings is 2. The number of hydrogen-bond donors (Lipinski definition) is 1. The van der Waals surface area contributed by atoms with Crippen LogP contribution < -0.4 is 14.8 Å². The normalized spacial score (nSPS) is 16.8. The second kappa shape index (κ2) is 9.30. The fraction of sp³-hybridized carbons (Fsp3) is 0.409. The van der Waals surface area contributed by atoms with E-state index in [0.29, 0.717) is 30.5 Å². The number of carbonyl (C=O) groups is 1. The predicted molar refractivity (Wildman–Crippen MR) is 109 cm³/mol. The van der Waals surface area contributed by atoms with Crippen LogP contribution in [0.2, 0.25) is 5.02 Å². The van der Waals surface area contributed by atoms with Gasteiger partial charge in [0.25, 0.3) is 5.91 Å². The van der Waals surface area contributed by atoms with E-state index in [1.807, 2.05) is 24.3 Å². The predicted octanol–water partition coefficient (Wildman–Crippen LogP) is 3.98. The van der Waals surface area contributed by atoms with Crippen molar-refractivity contribution >= 4 is 17.5 Å². The van der Waals surface area contributed by atoms with Gasteiger partial charge in [-0.3, -0.25) is 4.79 Å². The van der Waals surface area contributed by atoms with E-state index in [-0.39, 0.29) is 11.3 Å². The molecule has 1 fully saturated rings. The largest absolute Gasteiger partial charge is 0.497 e. The molecule has 0 spiro atoms. The summed E-state index contributed by atoms with van der Waals surface area (Å²) in [6.45, 7) is 3.64. The topological polar surface area (TPSA) is 56.8 Å². The maximum absolute atomic E-state index is 12.6. The first-order valence-electron chi connectivity index (χ1n) is 9.45. The van der Waals surface area contributed by atoms with Crippen LogP contribution in [0.3, 0.4) is 0 Å². The van der Waals surface area contributed by atoms with Crippen LogP contribution in [0.25, 0.3) is 0 Å². The maximum atomic E-state index is 12.6. The van der Waals surface area contributed by atoms with Crippen LogP contribution in [-0.2, 0) is 14.9 Å². The maximum Gasteiger partial charge on any atom is 0.260 e. The Labute approximate surface area is 170 Å². The molecule has 5 nitrogen and oxygen atoms in total. The standard InChI is InChI=1S/C22H26ClNO4/c1-16(28-20-9-7-19(26-2)8-10-20)21(25)24-15-22(11-13-27-14-12-22)17-3-5-18(23)6-4-17/h3-10,16H,11-15H2,1-2H3,(H,24,25). The highest BCUT2D eigenvalue weighted by atomic mass is 35.5. The number of nitrogens with one attached hydrogen (secondary N) is 1. The summed E-state index contributed by atoms with van der Waals surface area (Å²) < 4.78 is 16.4. The molecule has 2 aromatic rings. The lowest BCUT2D eigenvalue weighted by Gasteiger charge is -2.38. The van der Waals surface area contributed by atoms with E-state index >= 15 is 0 Å². The molecule has 0 saturated carbocycles. The van der Waals surface area contributed by atoms with Crippen molar-refractivity contribution in [2.45, 2.75) is 31.3 Å². The fourth-order valence-corrected chi connectivity index (χ4v) is 3.57. The molecule has 1 N–H and O–H groups in total. The van der Waals surface area contributed by atoms with Gasteiger partial charge < -0.3 is 19.5 Å². The van der Waals surface area contributed by atoms with Gasteiger partial charge in [-0.1, -0.05) is 23.7 Å². The molecule has 0 radical (unpaired) electrons. The Kier molecular flexibility index (Phi) is 6.81. The van der Waals surface area contributed by atoms with E-state index in [2.05, 4.69) is 5.32 Å². The molecule has 2 aromatic carbocycles. The van der Waals surface area contributed by atoms with E-state index in [9.17, 15) is 4.79 Å². The summed E-state index contributed by atoms with van der Waals surface area (Å²) in [5.74, 6) is 1.23. The van der Waals surface area contributed by atoms with Gasteiger partial charge in [0.05, 0.1) is 7.11 Å². The van der Waals surface area contributed by atoms with E-state index in [1.54, 1.807) is 38.3 Å². The number of halogens is 1. The van der Waals surface area contributed by atoms with Crippen molar-refractivity contribution < 1.29 is 19.0 Å². The Morgan fingerprint density at radius 1 is 1.11 bits per heavy atom. The van der Waals surface area contributed by atoms with Gasteiger partial charge in [0.15, 0.2) is 6.10 Å². The van der Waals surface area contributed by atoms with Crippen LogP contribution in [0.4, 0.5) is 0 Å². The van der Waals surface area contributed by atoms with Crippen molar-refractivity contribution in [1.29, 1.82) is 0 Å². The smallest absolute Gasteiger partial charge is 0.260 e. The van der Waals surface area contributed by atoms with Crippen molar-refractivity contribution in [3.63, 3.8) is 0 Å². The summed E-state index contributed by atoms with van der Waals surface area (Å²) in [5, 5.41) is 3.78. The van der Waals surface area contributed by atoms with Crippen LogP contribution in [0.15, 0.2) is 48.5 Å². The number of carbonyl (C=O) groups excluding carboxylic acids is 1. The number of ether oxygens (including phenoxy) is 3. The van der Waals surface area contributed by atoms with Gasteiger partial charge in [0, 0.05) is 30.2 Å². The van der Waals surface area contributed by atoms with Crippen molar-refractivity contribution in [2.75, 3.05) is 26.9 Å². The van der Waals surface area contributed by atoms with Crippen molar-refractivity contribution in [3.05, 3.63) is 59.1 Å². The molecular formula is C22H26ClNO4. The number of hydrogen-bond acceptors (Lipinski definition) is 4. The summed E-state index contributed by atoms with van der Waals surface area (Å²) in [6.07, 6.45) is 1.10. The average Bonchev–Trinajstić information content (AvgIpc) is 2.73. The molecule has 6 heteroatoms. The summed E-state index contributed by atoms with van der Waals surface area (Å²) in [4.78, 5) is 12.6. The van der Waals surface area contributed by atoms with E-state index in [1.165, 1.54) is 5.56 Å². The van der Waals surface area contributed by atoms with Crippen molar-refractivity contribution in [1.82, 2.24) is 5.32 Å². The van der Waals surface area contributed by atoms with E-state index in [4.69, 9.17) is 25.8 Å². The van der Waals surface area contributed by atoms with Crippen LogP contribution in [0.1, 0.15) is 25.3 Å². The summed E-state index contributed by atoms with van der Waals surface area (Å²) >= 11 is 6.04. The Morgan fingerprint density at radius 2 is 1.71 bits per heavy atom. The number of rotatable bonds is 7. The average molecular weight is 404 g/mol. The summed E-state index contributed by atoms with van der Waals surface area (Å²) in [7, 11) is 1.61. The zero-order valence-electron chi connectivity index (χ0n) is 16.2. The van der Waals surface area contributed by atoms with Crippen molar-refractivity contribution in [3.8, 4) is 11.5 Å². The number of methoxy groups -OCH3 is 1. The van der Waals surface area contributed by atoms with Crippen LogP contribution >= 0.6 is 11.6 Å². The minimum Gasteiger partial charge on any atom is -0.497 e.